The first-order chi connectivity index (χ1) is 28.5. The van der Waals surface area contributed by atoms with Gasteiger partial charge in [-0.05, 0) is 105 Å². The second kappa shape index (κ2) is 17.4. The van der Waals surface area contributed by atoms with Gasteiger partial charge in [0, 0.05) is 30.4 Å². The monoisotopic (exact) mass is 904 g/mol. The summed E-state index contributed by atoms with van der Waals surface area (Å²) in [7, 11) is -11.6. The molecule has 2 aliphatic rings. The lowest BCUT2D eigenvalue weighted by Crippen LogP contribution is -2.34. The number of benzene rings is 4. The highest BCUT2D eigenvalue weighted by Gasteiger charge is 2.31. The van der Waals surface area contributed by atoms with Crippen LogP contribution in [-0.4, -0.2) is 69.9 Å². The van der Waals surface area contributed by atoms with E-state index < -0.39 is 41.7 Å². The second-order valence-electron chi connectivity index (χ2n) is 14.4. The molecule has 0 fully saturated rings. The van der Waals surface area contributed by atoms with Crippen molar-refractivity contribution in [1.29, 1.82) is 10.5 Å². The largest absolute Gasteiger partial charge is 0.313 e. The van der Waals surface area contributed by atoms with Crippen LogP contribution in [0.15, 0.2) is 107 Å². The van der Waals surface area contributed by atoms with Gasteiger partial charge in [-0.1, -0.05) is 47.5 Å². The summed E-state index contributed by atoms with van der Waals surface area (Å²) in [5.41, 5.74) is 4.00. The van der Waals surface area contributed by atoms with Gasteiger partial charge in [-0.15, -0.1) is 12.4 Å². The van der Waals surface area contributed by atoms with Crippen LogP contribution in [-0.2, 0) is 30.1 Å². The highest BCUT2D eigenvalue weighted by molar-refractivity contribution is 7.90. The van der Waals surface area contributed by atoms with Gasteiger partial charge >= 0.3 is 0 Å². The molecule has 0 unspecified atom stereocenters. The van der Waals surface area contributed by atoms with Crippen LogP contribution >= 0.6 is 12.4 Å². The van der Waals surface area contributed by atoms with Crippen LogP contribution in [0.25, 0.3) is 33.0 Å². The summed E-state index contributed by atoms with van der Waals surface area (Å²) in [5, 5.41) is 22.5. The van der Waals surface area contributed by atoms with Gasteiger partial charge in [-0.25, -0.2) is 42.0 Å². The van der Waals surface area contributed by atoms with Crippen molar-refractivity contribution >= 4 is 75.4 Å². The molecule has 4 heterocycles. The molecule has 12 nitrogen and oxygen atoms in total. The zero-order valence-corrected chi connectivity index (χ0v) is 36.3. The number of nitrogens with one attached hydrogen (secondary N) is 1. The second-order valence-corrected chi connectivity index (χ2v) is 20.0. The Hall–Kier alpha value is -5.66. The number of aryl methyl sites for hydroxylation is 2. The van der Waals surface area contributed by atoms with E-state index in [1.165, 1.54) is 58.9 Å². The van der Waals surface area contributed by atoms with Crippen LogP contribution in [0.4, 0.5) is 8.78 Å². The zero-order chi connectivity index (χ0) is 43.1. The van der Waals surface area contributed by atoms with Gasteiger partial charge in [0.15, 0.2) is 0 Å². The van der Waals surface area contributed by atoms with Crippen LogP contribution in [0.5, 0.6) is 0 Å². The topological polar surface area (TPSA) is 175 Å². The minimum absolute atomic E-state index is 0. The van der Waals surface area contributed by atoms with Crippen LogP contribution in [0.3, 0.4) is 0 Å². The van der Waals surface area contributed by atoms with Gasteiger partial charge in [0.1, 0.15) is 23.8 Å². The fourth-order valence-electron chi connectivity index (χ4n) is 7.31. The van der Waals surface area contributed by atoms with E-state index in [0.29, 0.717) is 30.8 Å². The zero-order valence-electron chi connectivity index (χ0n) is 33.1. The summed E-state index contributed by atoms with van der Waals surface area (Å²) in [6.07, 6.45) is 5.51. The number of fused-ring (bicyclic) bond motifs is 2. The molecule has 2 aromatic heterocycles. The van der Waals surface area contributed by atoms with Gasteiger partial charge in [-0.2, -0.15) is 14.8 Å². The van der Waals surface area contributed by atoms with Crippen molar-refractivity contribution in [3.63, 3.8) is 0 Å². The molecule has 61 heavy (non-hydrogen) atoms. The molecular weight excluding hydrogens is 866 g/mol. The van der Waals surface area contributed by atoms with Gasteiger partial charge in [0.2, 0.25) is 10.0 Å². The summed E-state index contributed by atoms with van der Waals surface area (Å²) < 4.78 is 111. The van der Waals surface area contributed by atoms with E-state index in [2.05, 4.69) is 5.32 Å². The maximum absolute atomic E-state index is 14.7. The molecule has 0 saturated carbocycles. The summed E-state index contributed by atoms with van der Waals surface area (Å²) in [6, 6.07) is 24.6. The Kier molecular flexibility index (Phi) is 12.8. The van der Waals surface area contributed by atoms with Gasteiger partial charge in [-0.3, -0.25) is 0 Å². The Bertz CT molecular complexity index is 3200. The molecule has 8 rings (SSSR count). The Morgan fingerprint density at radius 2 is 1.08 bits per heavy atom. The number of halogens is 3. The number of nitriles is 2. The number of rotatable bonds is 7. The third kappa shape index (κ3) is 8.50. The van der Waals surface area contributed by atoms with Crippen molar-refractivity contribution in [2.75, 3.05) is 32.4 Å². The van der Waals surface area contributed by atoms with Crippen LogP contribution < -0.4 is 5.32 Å². The van der Waals surface area contributed by atoms with Crippen molar-refractivity contribution in [3.05, 3.63) is 142 Å². The fraction of sp³-hybridized carbons (Fsp3) is 0.209. The maximum Gasteiger partial charge on any atom is 0.268 e. The Morgan fingerprint density at radius 1 is 0.639 bits per heavy atom. The number of nitrogens with zero attached hydrogens (tertiary/aromatic N) is 5. The Balaban J connectivity index is 0.000000202. The molecule has 0 bridgehead atoms. The third-order valence-electron chi connectivity index (χ3n) is 10.5. The van der Waals surface area contributed by atoms with Gasteiger partial charge in [0.25, 0.3) is 20.0 Å². The van der Waals surface area contributed by atoms with E-state index in [4.69, 9.17) is 0 Å². The Morgan fingerprint density at radius 3 is 1.44 bits per heavy atom. The average molecular weight is 905 g/mol. The predicted molar refractivity (Wildman–Crippen MR) is 232 cm³/mol. The predicted octanol–water partition coefficient (Wildman–Crippen LogP) is 7.24. The first-order valence-corrected chi connectivity index (χ1v) is 23.4. The smallest absolute Gasteiger partial charge is 0.268 e. The molecule has 0 spiro atoms. The molecule has 0 atom stereocenters. The number of aromatic nitrogens is 2. The van der Waals surface area contributed by atoms with E-state index in [1.807, 2.05) is 32.1 Å². The van der Waals surface area contributed by atoms with E-state index in [9.17, 15) is 44.6 Å². The lowest BCUT2D eigenvalue weighted by Gasteiger charge is -2.25. The minimum Gasteiger partial charge on any atom is -0.313 e. The molecule has 1 N–H and O–H groups in total. The molecule has 0 amide bonds. The summed E-state index contributed by atoms with van der Waals surface area (Å²) in [6.45, 7) is 5.26. The van der Waals surface area contributed by atoms with E-state index in [0.717, 1.165) is 37.0 Å². The minimum atomic E-state index is -4.18. The molecule has 4 aromatic carbocycles. The molecule has 0 saturated heterocycles. The molecular formula is C43H39ClF2N6O6S3. The van der Waals surface area contributed by atoms with Crippen molar-refractivity contribution < 1.29 is 34.0 Å². The summed E-state index contributed by atoms with van der Waals surface area (Å²) in [5.74, 6) is -1.20. The van der Waals surface area contributed by atoms with Crippen LogP contribution in [0.2, 0.25) is 0 Å². The number of hydrogen-bond donors (Lipinski definition) is 1. The standard InChI is InChI=1S/C22H20FN3O4S2.C21H18FN3O2S.ClH/c1-15-3-6-18(7-4-15)32(29,30)26-21(16-9-11-25(12-10-16)31(2,27)28)13-19-20(23)8-5-17(14-24)22(19)26;1-14-2-5-17(6-3-14)28(26,27)25-20(15-8-10-24-11-9-15)12-18-19(22)7-4-16(13-23)21(18)25;/h3-9,13H,10-12H2,1-2H3;2-8,12,24H,9-11H2,1H3;1H. The Labute approximate surface area is 359 Å². The van der Waals surface area contributed by atoms with Crippen molar-refractivity contribution in [2.45, 2.75) is 36.5 Å². The third-order valence-corrected chi connectivity index (χ3v) is 15.2. The first kappa shape index (κ1) is 44.9. The summed E-state index contributed by atoms with van der Waals surface area (Å²) in [4.78, 5) is 0.101. The lowest BCUT2D eigenvalue weighted by molar-refractivity contribution is 0.445. The number of sulfonamides is 1. The van der Waals surface area contributed by atoms with Gasteiger partial charge < -0.3 is 5.32 Å². The van der Waals surface area contributed by atoms with Crippen molar-refractivity contribution in [2.24, 2.45) is 0 Å². The molecule has 0 aliphatic carbocycles. The molecule has 2 aliphatic heterocycles. The van der Waals surface area contributed by atoms with Gasteiger partial charge in [0.05, 0.1) is 49.6 Å². The SMILES string of the molecule is Cc1ccc(S(=O)(=O)n2c(C3=CCN(S(C)(=O)=O)CC3)cc3c(F)ccc(C#N)c32)cc1.Cc1ccc(S(=O)(=O)n2c(C3=CCNCC3)cc3c(F)ccc(C#N)c32)cc1.Cl. The lowest BCUT2D eigenvalue weighted by atomic mass is 10.1. The number of hydrogen-bond acceptors (Lipinski definition) is 9. The molecule has 6 aromatic rings. The van der Waals surface area contributed by atoms with E-state index >= 15 is 0 Å². The van der Waals surface area contributed by atoms with Crippen LogP contribution in [0.1, 0.15) is 46.5 Å². The van der Waals surface area contributed by atoms with Crippen LogP contribution in [0, 0.1) is 48.1 Å². The van der Waals surface area contributed by atoms with Crippen molar-refractivity contribution in [3.8, 4) is 12.1 Å². The molecule has 0 radical (unpaired) electrons. The first-order valence-electron chi connectivity index (χ1n) is 18.6. The van der Waals surface area contributed by atoms with E-state index in [-0.39, 0.29) is 80.3 Å². The maximum atomic E-state index is 14.7. The average Bonchev–Trinajstić information content (AvgIpc) is 3.85. The van der Waals surface area contributed by atoms with Crippen molar-refractivity contribution in [1.82, 2.24) is 17.6 Å². The van der Waals surface area contributed by atoms with E-state index in [1.54, 1.807) is 30.3 Å². The highest BCUT2D eigenvalue weighted by Crippen LogP contribution is 2.37. The highest BCUT2D eigenvalue weighted by atomic mass is 35.5. The molecule has 18 heteroatoms. The normalized spacial score (nSPS) is 14.9. The quantitative estimate of drug-likeness (QED) is 0.173. The fourth-order valence-corrected chi connectivity index (χ4v) is 11.2. The molecule has 316 valence electrons. The summed E-state index contributed by atoms with van der Waals surface area (Å²) >= 11 is 0.